The van der Waals surface area contributed by atoms with Gasteiger partial charge in [0.1, 0.15) is 0 Å². The van der Waals surface area contributed by atoms with Crippen LogP contribution in [-0.2, 0) is 0 Å². The predicted octanol–water partition coefficient (Wildman–Crippen LogP) is 4.74. The topological polar surface area (TPSA) is 6.48 Å². The lowest BCUT2D eigenvalue weighted by molar-refractivity contribution is 0.113. The van der Waals surface area contributed by atoms with Crippen LogP contribution in [0.2, 0.25) is 0 Å². The number of nitrogens with zero attached hydrogens (tertiary/aromatic N) is 2. The summed E-state index contributed by atoms with van der Waals surface area (Å²) in [6.07, 6.45) is 1.30. The normalized spacial score (nSPS) is 46.2. The van der Waals surface area contributed by atoms with Crippen LogP contribution in [0.15, 0.2) is 0 Å². The van der Waals surface area contributed by atoms with Gasteiger partial charge in [0, 0.05) is 37.3 Å². The molecule has 2 rings (SSSR count). The van der Waals surface area contributed by atoms with Crippen LogP contribution >= 0.6 is 0 Å². The van der Waals surface area contributed by atoms with Crippen molar-refractivity contribution in [3.63, 3.8) is 0 Å². The van der Waals surface area contributed by atoms with E-state index in [0.717, 1.165) is 53.8 Å². The Bertz CT molecular complexity index is 320. The summed E-state index contributed by atoms with van der Waals surface area (Å²) in [5, 5.41) is 0. The van der Waals surface area contributed by atoms with Gasteiger partial charge in [0.2, 0.25) is 0 Å². The van der Waals surface area contributed by atoms with Crippen molar-refractivity contribution in [2.45, 2.75) is 92.9 Å². The van der Waals surface area contributed by atoms with Crippen LogP contribution in [0.5, 0.6) is 0 Å². The summed E-state index contributed by atoms with van der Waals surface area (Å²) in [5.74, 6) is 4.11. The third-order valence-corrected chi connectivity index (χ3v) is 8.31. The second-order valence-corrected chi connectivity index (χ2v) is 9.07. The number of hydrogen-bond donors (Lipinski definition) is 0. The van der Waals surface area contributed by atoms with Gasteiger partial charge in [-0.2, -0.15) is 0 Å². The molecular formula is C21H42N2. The van der Waals surface area contributed by atoms with Crippen molar-refractivity contribution in [2.75, 3.05) is 13.1 Å². The Labute approximate surface area is 146 Å². The van der Waals surface area contributed by atoms with E-state index in [1.807, 2.05) is 0 Å². The van der Waals surface area contributed by atoms with E-state index in [2.05, 4.69) is 72.1 Å². The molecule has 2 aliphatic rings. The number of rotatable bonds is 5. The first kappa shape index (κ1) is 19.2. The zero-order valence-corrected chi connectivity index (χ0v) is 17.2. The maximum atomic E-state index is 2.81. The lowest BCUT2D eigenvalue weighted by Gasteiger charge is -2.36. The van der Waals surface area contributed by atoms with Crippen LogP contribution in [-0.4, -0.2) is 47.1 Å². The third-order valence-electron chi connectivity index (χ3n) is 8.31. The summed E-state index contributed by atoms with van der Waals surface area (Å²) in [7, 11) is 0. The van der Waals surface area contributed by atoms with Crippen LogP contribution in [0.1, 0.15) is 68.7 Å². The zero-order chi connectivity index (χ0) is 17.5. The highest BCUT2D eigenvalue weighted by Gasteiger charge is 2.42. The van der Waals surface area contributed by atoms with E-state index in [9.17, 15) is 0 Å². The van der Waals surface area contributed by atoms with E-state index in [4.69, 9.17) is 0 Å². The molecule has 2 heterocycles. The molecule has 2 fully saturated rings. The van der Waals surface area contributed by atoms with E-state index in [1.54, 1.807) is 0 Å². The minimum absolute atomic E-state index is 0.736. The fourth-order valence-electron chi connectivity index (χ4n) is 5.28. The zero-order valence-electron chi connectivity index (χ0n) is 17.2. The summed E-state index contributed by atoms with van der Waals surface area (Å²) in [6.45, 7) is 24.5. The highest BCUT2D eigenvalue weighted by Crippen LogP contribution is 2.37. The molecule has 23 heavy (non-hydrogen) atoms. The minimum atomic E-state index is 0.736. The summed E-state index contributed by atoms with van der Waals surface area (Å²) < 4.78 is 0. The van der Waals surface area contributed by atoms with Crippen molar-refractivity contribution in [1.29, 1.82) is 0 Å². The molecule has 8 atom stereocenters. The van der Waals surface area contributed by atoms with Crippen molar-refractivity contribution in [3.05, 3.63) is 0 Å². The van der Waals surface area contributed by atoms with E-state index < -0.39 is 0 Å². The molecule has 2 heteroatoms. The van der Waals surface area contributed by atoms with E-state index >= 15 is 0 Å². The summed E-state index contributed by atoms with van der Waals surface area (Å²) >= 11 is 0. The molecule has 0 unspecified atom stereocenters. The van der Waals surface area contributed by atoms with E-state index in [0.29, 0.717) is 0 Å². The third kappa shape index (κ3) is 3.49. The molecule has 0 amide bonds. The molecule has 0 N–H and O–H groups in total. The fourth-order valence-corrected chi connectivity index (χ4v) is 5.28. The van der Waals surface area contributed by atoms with Crippen molar-refractivity contribution < 1.29 is 0 Å². The van der Waals surface area contributed by atoms with Gasteiger partial charge >= 0.3 is 0 Å². The summed E-state index contributed by atoms with van der Waals surface area (Å²) in [6, 6.07) is 2.95. The Morgan fingerprint density at radius 2 is 0.826 bits per heavy atom. The van der Waals surface area contributed by atoms with E-state index in [1.165, 1.54) is 19.5 Å². The van der Waals surface area contributed by atoms with Gasteiger partial charge in [0.25, 0.3) is 0 Å². The lowest BCUT2D eigenvalue weighted by Crippen LogP contribution is -2.44. The van der Waals surface area contributed by atoms with Gasteiger partial charge < -0.3 is 0 Å². The monoisotopic (exact) mass is 322 g/mol. The van der Waals surface area contributed by atoms with Crippen molar-refractivity contribution >= 4 is 0 Å². The van der Waals surface area contributed by atoms with E-state index in [-0.39, 0.29) is 0 Å². The average Bonchev–Trinajstić information content (AvgIpc) is 2.83. The van der Waals surface area contributed by atoms with Gasteiger partial charge in [0.15, 0.2) is 0 Å². The van der Waals surface area contributed by atoms with Gasteiger partial charge in [-0.3, -0.25) is 9.80 Å². The Morgan fingerprint density at radius 1 is 0.565 bits per heavy atom. The van der Waals surface area contributed by atoms with Crippen LogP contribution < -0.4 is 0 Å². The van der Waals surface area contributed by atoms with Gasteiger partial charge in [-0.05, 0) is 57.3 Å². The van der Waals surface area contributed by atoms with Crippen LogP contribution in [0.3, 0.4) is 0 Å². The Morgan fingerprint density at radius 3 is 1.04 bits per heavy atom. The van der Waals surface area contributed by atoms with Gasteiger partial charge in [-0.15, -0.1) is 0 Å². The first-order valence-corrected chi connectivity index (χ1v) is 10.2. The maximum absolute atomic E-state index is 2.81. The molecular weight excluding hydrogens is 280 g/mol. The molecule has 136 valence electrons. The van der Waals surface area contributed by atoms with Crippen molar-refractivity contribution in [2.24, 2.45) is 29.6 Å². The molecule has 2 aliphatic heterocycles. The highest BCUT2D eigenvalue weighted by molar-refractivity contribution is 4.96. The molecule has 2 saturated heterocycles. The van der Waals surface area contributed by atoms with Crippen LogP contribution in [0.25, 0.3) is 0 Å². The Balaban J connectivity index is 2.01. The first-order valence-electron chi connectivity index (χ1n) is 10.2. The largest absolute Gasteiger partial charge is 0.297 e. The molecule has 0 radical (unpaired) electrons. The molecule has 2 nitrogen and oxygen atoms in total. The number of likely N-dealkylation sites (tertiary alicyclic amines) is 2. The molecule has 0 aliphatic carbocycles. The SMILES string of the molecule is CCC(CN1[C@H](C)[C@H](C)[C@H](C)[C@@H]1C)CN1[C@H](C)[C@H](C)[C@H](C)[C@@H]1C. The average molecular weight is 323 g/mol. The van der Waals surface area contributed by atoms with Gasteiger partial charge in [0.05, 0.1) is 0 Å². The maximum Gasteiger partial charge on any atom is 0.00987 e. The van der Waals surface area contributed by atoms with Gasteiger partial charge in [-0.25, -0.2) is 0 Å². The standard InChI is InChI=1S/C21H42N2/c1-10-21(11-22-17(6)13(2)14(3)18(22)7)12-23-19(8)15(4)16(5)20(23)9/h13-21H,10-12H2,1-9H3/t13-,14+,15-,16+,17-,18+,19-,20+. The molecule has 0 saturated carbocycles. The van der Waals surface area contributed by atoms with Crippen LogP contribution in [0.4, 0.5) is 0 Å². The molecule has 0 bridgehead atoms. The number of hydrogen-bond acceptors (Lipinski definition) is 2. The van der Waals surface area contributed by atoms with Gasteiger partial charge in [-0.1, -0.05) is 41.0 Å². The molecule has 0 aromatic heterocycles. The predicted molar refractivity (Wildman–Crippen MR) is 102 cm³/mol. The van der Waals surface area contributed by atoms with Crippen molar-refractivity contribution in [1.82, 2.24) is 9.80 Å². The lowest BCUT2D eigenvalue weighted by atomic mass is 9.92. The molecule has 0 aromatic carbocycles. The second-order valence-electron chi connectivity index (χ2n) is 9.07. The highest BCUT2D eigenvalue weighted by atomic mass is 15.2. The quantitative estimate of drug-likeness (QED) is 0.721. The Kier molecular flexibility index (Phi) is 6.22. The molecule has 0 spiro atoms. The first-order chi connectivity index (χ1) is 10.7. The molecule has 0 aromatic rings. The minimum Gasteiger partial charge on any atom is -0.297 e. The smallest absolute Gasteiger partial charge is 0.00987 e. The fraction of sp³-hybridized carbons (Fsp3) is 1.00. The summed E-state index contributed by atoms with van der Waals surface area (Å²) in [4.78, 5) is 5.61. The summed E-state index contributed by atoms with van der Waals surface area (Å²) in [5.41, 5.74) is 0. The van der Waals surface area contributed by atoms with Crippen molar-refractivity contribution in [3.8, 4) is 0 Å². The second kappa shape index (κ2) is 7.44. The Hall–Kier alpha value is -0.0800. The van der Waals surface area contributed by atoms with Crippen LogP contribution in [0, 0.1) is 29.6 Å².